The molecule has 0 fully saturated rings. The van der Waals surface area contributed by atoms with Crippen molar-refractivity contribution < 1.29 is 14.3 Å². The van der Waals surface area contributed by atoms with Crippen molar-refractivity contribution in [1.29, 1.82) is 0 Å². The largest absolute Gasteiger partial charge is 0.468 e. The number of hydrogen-bond acceptors (Lipinski definition) is 3. The average Bonchev–Trinajstić information content (AvgIpc) is 2.16. The Bertz CT molecular complexity index is 246. The second kappa shape index (κ2) is 6.18. The molecule has 0 aliphatic rings. The summed E-state index contributed by atoms with van der Waals surface area (Å²) in [5.41, 5.74) is 0.652. The zero-order valence-corrected chi connectivity index (χ0v) is 9.16. The zero-order chi connectivity index (χ0) is 11.1. The number of ether oxygens (including phenoxy) is 1. The molecule has 0 atom stereocenters. The van der Waals surface area contributed by atoms with Crippen LogP contribution in [-0.2, 0) is 14.3 Å². The smallest absolute Gasteiger partial charge is 0.325 e. The maximum atomic E-state index is 11.5. The first-order valence-corrected chi connectivity index (χ1v) is 4.52. The van der Waals surface area contributed by atoms with Crippen LogP contribution in [0.3, 0.4) is 0 Å². The SMILES string of the molecule is CC/C=C(\C)C(=O)N(C)CC(=O)OC. The molecule has 0 heterocycles. The van der Waals surface area contributed by atoms with Gasteiger partial charge in [0.05, 0.1) is 7.11 Å². The van der Waals surface area contributed by atoms with E-state index in [9.17, 15) is 9.59 Å². The third-order valence-electron chi connectivity index (χ3n) is 1.79. The van der Waals surface area contributed by atoms with Crippen molar-refractivity contribution in [3.8, 4) is 0 Å². The molecular formula is C10H17NO3. The first-order valence-electron chi connectivity index (χ1n) is 4.52. The van der Waals surface area contributed by atoms with Crippen LogP contribution in [0.2, 0.25) is 0 Å². The second-order valence-corrected chi connectivity index (χ2v) is 3.03. The second-order valence-electron chi connectivity index (χ2n) is 3.03. The first-order chi connectivity index (χ1) is 6.52. The topological polar surface area (TPSA) is 46.6 Å². The van der Waals surface area contributed by atoms with Gasteiger partial charge in [-0.05, 0) is 13.3 Å². The molecule has 0 rings (SSSR count). The molecule has 0 aromatic rings. The highest BCUT2D eigenvalue weighted by atomic mass is 16.5. The van der Waals surface area contributed by atoms with Gasteiger partial charge in [0.1, 0.15) is 6.54 Å². The molecule has 0 saturated carbocycles. The van der Waals surface area contributed by atoms with Crippen molar-refractivity contribution in [1.82, 2.24) is 4.90 Å². The van der Waals surface area contributed by atoms with E-state index in [1.807, 2.05) is 13.0 Å². The van der Waals surface area contributed by atoms with E-state index in [1.54, 1.807) is 14.0 Å². The van der Waals surface area contributed by atoms with Crippen molar-refractivity contribution in [2.24, 2.45) is 0 Å². The molecule has 0 aromatic heterocycles. The van der Waals surface area contributed by atoms with Gasteiger partial charge in [0.2, 0.25) is 5.91 Å². The fraction of sp³-hybridized carbons (Fsp3) is 0.600. The van der Waals surface area contributed by atoms with Crippen molar-refractivity contribution in [2.75, 3.05) is 20.7 Å². The van der Waals surface area contributed by atoms with Crippen LogP contribution < -0.4 is 0 Å². The highest BCUT2D eigenvalue weighted by Crippen LogP contribution is 2.00. The molecule has 0 bridgehead atoms. The summed E-state index contributed by atoms with van der Waals surface area (Å²) in [4.78, 5) is 23.7. The third-order valence-corrected chi connectivity index (χ3v) is 1.79. The fourth-order valence-corrected chi connectivity index (χ4v) is 1.02. The lowest BCUT2D eigenvalue weighted by Crippen LogP contribution is -2.33. The molecule has 0 unspecified atom stereocenters. The summed E-state index contributed by atoms with van der Waals surface area (Å²) in [6, 6.07) is 0. The van der Waals surface area contributed by atoms with E-state index in [1.165, 1.54) is 12.0 Å². The van der Waals surface area contributed by atoms with Gasteiger partial charge in [0, 0.05) is 12.6 Å². The number of methoxy groups -OCH3 is 1. The van der Waals surface area contributed by atoms with E-state index in [-0.39, 0.29) is 12.5 Å². The number of esters is 1. The number of carbonyl (C=O) groups is 2. The van der Waals surface area contributed by atoms with Crippen LogP contribution in [-0.4, -0.2) is 37.5 Å². The van der Waals surface area contributed by atoms with Gasteiger partial charge < -0.3 is 9.64 Å². The van der Waals surface area contributed by atoms with Gasteiger partial charge in [0.15, 0.2) is 0 Å². The van der Waals surface area contributed by atoms with Crippen molar-refractivity contribution >= 4 is 11.9 Å². The average molecular weight is 199 g/mol. The Kier molecular flexibility index (Phi) is 5.60. The molecule has 0 spiro atoms. The number of amides is 1. The van der Waals surface area contributed by atoms with Gasteiger partial charge in [-0.15, -0.1) is 0 Å². The van der Waals surface area contributed by atoms with E-state index in [2.05, 4.69) is 4.74 Å². The molecule has 80 valence electrons. The lowest BCUT2D eigenvalue weighted by atomic mass is 10.2. The molecule has 0 saturated heterocycles. The molecule has 0 N–H and O–H groups in total. The number of carbonyl (C=O) groups excluding carboxylic acids is 2. The van der Waals surface area contributed by atoms with Crippen LogP contribution >= 0.6 is 0 Å². The molecule has 4 heteroatoms. The molecule has 0 aromatic carbocycles. The fourth-order valence-electron chi connectivity index (χ4n) is 1.02. The predicted octanol–water partition coefficient (Wildman–Crippen LogP) is 0.974. The van der Waals surface area contributed by atoms with Crippen LogP contribution in [0.4, 0.5) is 0 Å². The number of hydrogen-bond donors (Lipinski definition) is 0. The lowest BCUT2D eigenvalue weighted by Gasteiger charge is -2.15. The molecule has 4 nitrogen and oxygen atoms in total. The summed E-state index contributed by atoms with van der Waals surface area (Å²) < 4.78 is 4.46. The monoisotopic (exact) mass is 199 g/mol. The maximum Gasteiger partial charge on any atom is 0.325 e. The van der Waals surface area contributed by atoms with Crippen molar-refractivity contribution in [3.63, 3.8) is 0 Å². The summed E-state index contributed by atoms with van der Waals surface area (Å²) in [6.45, 7) is 3.68. The van der Waals surface area contributed by atoms with Gasteiger partial charge in [-0.3, -0.25) is 9.59 Å². The molecule has 14 heavy (non-hydrogen) atoms. The number of rotatable bonds is 4. The molecular weight excluding hydrogens is 182 g/mol. The summed E-state index contributed by atoms with van der Waals surface area (Å²) in [7, 11) is 2.88. The van der Waals surface area contributed by atoms with Crippen molar-refractivity contribution in [2.45, 2.75) is 20.3 Å². The predicted molar refractivity (Wildman–Crippen MR) is 53.7 cm³/mol. The van der Waals surface area contributed by atoms with E-state index >= 15 is 0 Å². The Morgan fingerprint density at radius 2 is 2.00 bits per heavy atom. The maximum absolute atomic E-state index is 11.5. The van der Waals surface area contributed by atoms with Crippen LogP contribution in [0, 0.1) is 0 Å². The Balaban J connectivity index is 4.25. The normalized spacial score (nSPS) is 11.0. The number of likely N-dealkylation sites (N-methyl/N-ethyl adjacent to an activating group) is 1. The Morgan fingerprint density at radius 1 is 1.43 bits per heavy atom. The Labute approximate surface area is 84.5 Å². The van der Waals surface area contributed by atoms with Crippen LogP contribution in [0.25, 0.3) is 0 Å². The van der Waals surface area contributed by atoms with E-state index in [4.69, 9.17) is 0 Å². The van der Waals surface area contributed by atoms with E-state index in [0.717, 1.165) is 6.42 Å². The zero-order valence-electron chi connectivity index (χ0n) is 9.16. The first kappa shape index (κ1) is 12.7. The summed E-state index contributed by atoms with van der Waals surface area (Å²) in [5, 5.41) is 0. The molecule has 1 amide bonds. The number of nitrogens with zero attached hydrogens (tertiary/aromatic N) is 1. The Hall–Kier alpha value is -1.32. The molecule has 0 aliphatic heterocycles. The number of allylic oxidation sites excluding steroid dienone is 1. The van der Waals surface area contributed by atoms with Crippen LogP contribution in [0.15, 0.2) is 11.6 Å². The van der Waals surface area contributed by atoms with E-state index < -0.39 is 5.97 Å². The standard InChI is InChI=1S/C10H17NO3/c1-5-6-8(2)10(13)11(3)7-9(12)14-4/h6H,5,7H2,1-4H3/b8-6+. The van der Waals surface area contributed by atoms with E-state index in [0.29, 0.717) is 5.57 Å². The summed E-state index contributed by atoms with van der Waals surface area (Å²) >= 11 is 0. The highest BCUT2D eigenvalue weighted by molar-refractivity contribution is 5.94. The Morgan fingerprint density at radius 3 is 2.43 bits per heavy atom. The minimum Gasteiger partial charge on any atom is -0.468 e. The minimum atomic E-state index is -0.412. The summed E-state index contributed by atoms with van der Waals surface area (Å²) in [5.74, 6) is -0.553. The van der Waals surface area contributed by atoms with Crippen LogP contribution in [0.1, 0.15) is 20.3 Å². The third kappa shape index (κ3) is 4.07. The minimum absolute atomic E-state index is 0.00969. The van der Waals surface area contributed by atoms with Gasteiger partial charge in [0.25, 0.3) is 0 Å². The summed E-state index contributed by atoms with van der Waals surface area (Å²) in [6.07, 6.45) is 2.64. The molecule has 0 radical (unpaired) electrons. The van der Waals surface area contributed by atoms with Crippen molar-refractivity contribution in [3.05, 3.63) is 11.6 Å². The van der Waals surface area contributed by atoms with Crippen LogP contribution in [0.5, 0.6) is 0 Å². The highest BCUT2D eigenvalue weighted by Gasteiger charge is 2.13. The van der Waals surface area contributed by atoms with Gasteiger partial charge >= 0.3 is 5.97 Å². The van der Waals surface area contributed by atoms with Gasteiger partial charge in [-0.25, -0.2) is 0 Å². The quantitative estimate of drug-likeness (QED) is 0.500. The molecule has 0 aliphatic carbocycles. The van der Waals surface area contributed by atoms with Gasteiger partial charge in [-0.2, -0.15) is 0 Å². The van der Waals surface area contributed by atoms with Gasteiger partial charge in [-0.1, -0.05) is 13.0 Å². The lowest BCUT2D eigenvalue weighted by molar-refractivity contribution is -0.145.